The number of carbonyl (C=O) groups is 1. The molecule has 1 rings (SSSR count). The second kappa shape index (κ2) is 7.43. The molecular weight excluding hydrogens is 280 g/mol. The van der Waals surface area contributed by atoms with Gasteiger partial charge < -0.3 is 5.32 Å². The smallest absolute Gasteiger partial charge is 0.251 e. The zero-order valence-electron chi connectivity index (χ0n) is 10.4. The highest BCUT2D eigenvalue weighted by Gasteiger charge is 2.09. The van der Waals surface area contributed by atoms with Gasteiger partial charge in [-0.15, -0.1) is 0 Å². The maximum atomic E-state index is 11.9. The number of hydrogen-bond acceptors (Lipinski definition) is 2. The van der Waals surface area contributed by atoms with Crippen LogP contribution >= 0.6 is 15.9 Å². The van der Waals surface area contributed by atoms with E-state index in [-0.39, 0.29) is 5.91 Å². The van der Waals surface area contributed by atoms with Crippen LogP contribution in [-0.4, -0.2) is 22.8 Å². The summed E-state index contributed by atoms with van der Waals surface area (Å²) in [5, 5.41) is 3.96. The standard InChI is InChI=1S/C13H19BrN2O/c1-3-11(4-6-14)9-16-13(17)12-5-7-15-10(2)8-12/h5,7-8,11H,3-4,6,9H2,1-2H3,(H,16,17). The van der Waals surface area contributed by atoms with Crippen LogP contribution in [0.5, 0.6) is 0 Å². The van der Waals surface area contributed by atoms with Crippen molar-refractivity contribution in [3.05, 3.63) is 29.6 Å². The summed E-state index contributed by atoms with van der Waals surface area (Å²) in [4.78, 5) is 15.9. The summed E-state index contributed by atoms with van der Waals surface area (Å²) in [5.41, 5.74) is 1.55. The normalized spacial score (nSPS) is 12.2. The van der Waals surface area contributed by atoms with Crippen molar-refractivity contribution in [2.75, 3.05) is 11.9 Å². The number of pyridine rings is 1. The molecule has 1 amide bonds. The molecule has 0 saturated carbocycles. The van der Waals surface area contributed by atoms with Gasteiger partial charge in [0.15, 0.2) is 0 Å². The average Bonchev–Trinajstić information content (AvgIpc) is 2.34. The number of carbonyl (C=O) groups excluding carboxylic acids is 1. The second-order valence-electron chi connectivity index (χ2n) is 4.15. The molecule has 3 nitrogen and oxygen atoms in total. The van der Waals surface area contributed by atoms with E-state index in [9.17, 15) is 4.79 Å². The summed E-state index contributed by atoms with van der Waals surface area (Å²) in [7, 11) is 0. The van der Waals surface area contributed by atoms with Gasteiger partial charge >= 0.3 is 0 Å². The molecular formula is C13H19BrN2O. The van der Waals surface area contributed by atoms with Gasteiger partial charge in [0, 0.05) is 29.3 Å². The maximum absolute atomic E-state index is 11.9. The number of hydrogen-bond donors (Lipinski definition) is 1. The predicted octanol–water partition coefficient (Wildman–Crippen LogP) is 2.93. The van der Waals surface area contributed by atoms with E-state index in [1.165, 1.54) is 0 Å². The van der Waals surface area contributed by atoms with Gasteiger partial charge in [0.05, 0.1) is 0 Å². The van der Waals surface area contributed by atoms with Crippen LogP contribution in [0.4, 0.5) is 0 Å². The lowest BCUT2D eigenvalue weighted by Crippen LogP contribution is -2.29. The SMILES string of the molecule is CCC(CCBr)CNC(=O)c1ccnc(C)c1. The third-order valence-electron chi connectivity index (χ3n) is 2.80. The lowest BCUT2D eigenvalue weighted by Gasteiger charge is -2.14. The Bertz CT molecular complexity index is 368. The minimum atomic E-state index is -0.0106. The van der Waals surface area contributed by atoms with Crippen molar-refractivity contribution >= 4 is 21.8 Å². The van der Waals surface area contributed by atoms with Crippen LogP contribution in [-0.2, 0) is 0 Å². The Morgan fingerprint density at radius 1 is 1.59 bits per heavy atom. The van der Waals surface area contributed by atoms with Gasteiger partial charge in [-0.2, -0.15) is 0 Å². The maximum Gasteiger partial charge on any atom is 0.251 e. The fourth-order valence-electron chi connectivity index (χ4n) is 1.63. The first-order valence-electron chi connectivity index (χ1n) is 5.94. The van der Waals surface area contributed by atoms with Gasteiger partial charge in [-0.05, 0) is 31.4 Å². The van der Waals surface area contributed by atoms with Crippen LogP contribution < -0.4 is 5.32 Å². The number of nitrogens with one attached hydrogen (secondary N) is 1. The third-order valence-corrected chi connectivity index (χ3v) is 3.26. The van der Waals surface area contributed by atoms with Crippen LogP contribution in [0.1, 0.15) is 35.8 Å². The highest BCUT2D eigenvalue weighted by Crippen LogP contribution is 2.09. The zero-order chi connectivity index (χ0) is 12.7. The summed E-state index contributed by atoms with van der Waals surface area (Å²) in [6.45, 7) is 4.77. The van der Waals surface area contributed by atoms with Gasteiger partial charge in [-0.3, -0.25) is 9.78 Å². The first kappa shape index (κ1) is 14.2. The molecule has 94 valence electrons. The lowest BCUT2D eigenvalue weighted by atomic mass is 10.0. The molecule has 0 aromatic carbocycles. The first-order valence-corrected chi connectivity index (χ1v) is 7.06. The molecule has 0 saturated heterocycles. The Labute approximate surface area is 111 Å². The Kier molecular flexibility index (Phi) is 6.19. The largest absolute Gasteiger partial charge is 0.352 e. The Balaban J connectivity index is 2.49. The number of alkyl halides is 1. The summed E-state index contributed by atoms with van der Waals surface area (Å²) in [6.07, 6.45) is 3.84. The fourth-order valence-corrected chi connectivity index (χ4v) is 2.28. The Hall–Kier alpha value is -0.900. The van der Waals surface area contributed by atoms with Crippen molar-refractivity contribution in [2.45, 2.75) is 26.7 Å². The summed E-state index contributed by atoms with van der Waals surface area (Å²) in [5.74, 6) is 0.532. The molecule has 1 aromatic heterocycles. The molecule has 0 aliphatic heterocycles. The van der Waals surface area contributed by atoms with Crippen LogP contribution in [0.2, 0.25) is 0 Å². The molecule has 4 heteroatoms. The quantitative estimate of drug-likeness (QED) is 0.821. The van der Waals surface area contributed by atoms with E-state index in [1.807, 2.05) is 6.92 Å². The molecule has 1 heterocycles. The van der Waals surface area contributed by atoms with E-state index in [0.29, 0.717) is 11.5 Å². The van der Waals surface area contributed by atoms with E-state index in [0.717, 1.165) is 30.4 Å². The van der Waals surface area contributed by atoms with Crippen molar-refractivity contribution in [1.29, 1.82) is 0 Å². The van der Waals surface area contributed by atoms with Crippen molar-refractivity contribution in [2.24, 2.45) is 5.92 Å². The summed E-state index contributed by atoms with van der Waals surface area (Å²) >= 11 is 3.43. The third kappa shape index (κ3) is 4.86. The Morgan fingerprint density at radius 2 is 2.35 bits per heavy atom. The molecule has 0 fully saturated rings. The van der Waals surface area contributed by atoms with Crippen molar-refractivity contribution in [3.8, 4) is 0 Å². The molecule has 1 N–H and O–H groups in total. The molecule has 17 heavy (non-hydrogen) atoms. The molecule has 1 aromatic rings. The number of amides is 1. The van der Waals surface area contributed by atoms with Crippen molar-refractivity contribution < 1.29 is 4.79 Å². The van der Waals surface area contributed by atoms with Gasteiger partial charge in [0.2, 0.25) is 0 Å². The van der Waals surface area contributed by atoms with Crippen LogP contribution in [0.15, 0.2) is 18.3 Å². The van der Waals surface area contributed by atoms with E-state index in [1.54, 1.807) is 18.3 Å². The minimum Gasteiger partial charge on any atom is -0.352 e. The van der Waals surface area contributed by atoms with E-state index < -0.39 is 0 Å². The second-order valence-corrected chi connectivity index (χ2v) is 4.94. The van der Waals surface area contributed by atoms with Gasteiger partial charge in [0.25, 0.3) is 5.91 Å². The fraction of sp³-hybridized carbons (Fsp3) is 0.538. The predicted molar refractivity (Wildman–Crippen MR) is 73.5 cm³/mol. The van der Waals surface area contributed by atoms with Crippen LogP contribution in [0, 0.1) is 12.8 Å². The van der Waals surface area contributed by atoms with Gasteiger partial charge in [-0.25, -0.2) is 0 Å². The summed E-state index contributed by atoms with van der Waals surface area (Å²) < 4.78 is 0. The van der Waals surface area contributed by atoms with E-state index in [2.05, 4.69) is 33.2 Å². The molecule has 0 bridgehead atoms. The Morgan fingerprint density at radius 3 is 2.94 bits per heavy atom. The number of nitrogens with zero attached hydrogens (tertiary/aromatic N) is 1. The topological polar surface area (TPSA) is 42.0 Å². The molecule has 1 unspecified atom stereocenters. The monoisotopic (exact) mass is 298 g/mol. The summed E-state index contributed by atoms with van der Waals surface area (Å²) in [6, 6.07) is 3.55. The minimum absolute atomic E-state index is 0.0106. The van der Waals surface area contributed by atoms with Crippen LogP contribution in [0.25, 0.3) is 0 Å². The average molecular weight is 299 g/mol. The van der Waals surface area contributed by atoms with Gasteiger partial charge in [-0.1, -0.05) is 29.3 Å². The highest BCUT2D eigenvalue weighted by atomic mass is 79.9. The van der Waals surface area contributed by atoms with E-state index in [4.69, 9.17) is 0 Å². The number of aromatic nitrogens is 1. The number of rotatable bonds is 6. The van der Waals surface area contributed by atoms with Crippen molar-refractivity contribution in [3.63, 3.8) is 0 Å². The molecule has 0 aliphatic carbocycles. The lowest BCUT2D eigenvalue weighted by molar-refractivity contribution is 0.0946. The number of aryl methyl sites for hydroxylation is 1. The number of halogens is 1. The first-order chi connectivity index (χ1) is 8.17. The highest BCUT2D eigenvalue weighted by molar-refractivity contribution is 9.09. The molecule has 1 atom stereocenters. The molecule has 0 aliphatic rings. The van der Waals surface area contributed by atoms with Gasteiger partial charge in [0.1, 0.15) is 0 Å². The zero-order valence-corrected chi connectivity index (χ0v) is 12.0. The molecule has 0 spiro atoms. The molecule has 0 radical (unpaired) electrons. The van der Waals surface area contributed by atoms with Crippen molar-refractivity contribution in [1.82, 2.24) is 10.3 Å². The van der Waals surface area contributed by atoms with E-state index >= 15 is 0 Å². The van der Waals surface area contributed by atoms with Crippen LogP contribution in [0.3, 0.4) is 0 Å².